The lowest BCUT2D eigenvalue weighted by Crippen LogP contribution is -2.17. The van der Waals surface area contributed by atoms with Gasteiger partial charge in [0.2, 0.25) is 0 Å². The van der Waals surface area contributed by atoms with Crippen LogP contribution in [0.25, 0.3) is 0 Å². The molecule has 0 aromatic heterocycles. The molecule has 6 nitrogen and oxygen atoms in total. The molecule has 6 heteroatoms. The highest BCUT2D eigenvalue weighted by molar-refractivity contribution is 6.05. The predicted molar refractivity (Wildman–Crippen MR) is 268 cm³/mol. The molecular weight excluding hydrogens is 781 g/mol. The topological polar surface area (TPSA) is 78.9 Å². The van der Waals surface area contributed by atoms with E-state index in [0.717, 1.165) is 89.9 Å². The molecule has 0 aliphatic carbocycles. The lowest BCUT2D eigenvalue weighted by Gasteiger charge is -2.12. The second-order valence-electron chi connectivity index (χ2n) is 17.9. The first kappa shape index (κ1) is 57.9. The number of rotatable bonds is 45. The van der Waals surface area contributed by atoms with Crippen molar-refractivity contribution in [3.63, 3.8) is 0 Å². The van der Waals surface area contributed by atoms with Gasteiger partial charge in [-0.15, -0.1) is 0 Å². The quantitative estimate of drug-likeness (QED) is 0.0281. The van der Waals surface area contributed by atoms with Gasteiger partial charge >= 0.3 is 17.9 Å². The van der Waals surface area contributed by atoms with E-state index in [1.165, 1.54) is 153 Å². The van der Waals surface area contributed by atoms with Crippen LogP contribution in [0.4, 0.5) is 0 Å². The predicted octanol–water partition coefficient (Wildman–Crippen LogP) is 17.9. The van der Waals surface area contributed by atoms with E-state index in [4.69, 9.17) is 14.2 Å². The van der Waals surface area contributed by atoms with Crippen LogP contribution in [0, 0.1) is 0 Å². The molecule has 0 aliphatic heterocycles. The van der Waals surface area contributed by atoms with Crippen molar-refractivity contribution in [3.8, 4) is 0 Å². The molecule has 0 saturated carbocycles. The third kappa shape index (κ3) is 35.8. The third-order valence-corrected chi connectivity index (χ3v) is 11.9. The summed E-state index contributed by atoms with van der Waals surface area (Å²) in [6.07, 6.45) is 56.5. The normalized spacial score (nSPS) is 11.7. The van der Waals surface area contributed by atoms with Crippen molar-refractivity contribution in [1.29, 1.82) is 0 Å². The van der Waals surface area contributed by atoms with Crippen LogP contribution in [0.15, 0.2) is 54.7 Å². The molecule has 0 N–H and O–H groups in total. The number of hydrogen-bond donors (Lipinski definition) is 0. The summed E-state index contributed by atoms with van der Waals surface area (Å²) in [5.74, 6) is -1.67. The van der Waals surface area contributed by atoms with E-state index in [0.29, 0.717) is 13.2 Å². The molecule has 0 fully saturated rings. The number of esters is 3. The molecule has 0 spiro atoms. The molecule has 0 amide bonds. The zero-order valence-electron chi connectivity index (χ0n) is 41.2. The standard InChI is InChI=1S/C57H96O6/c1-4-7-10-13-16-19-22-25-28-31-34-37-40-43-48-61-55(58)52-46-47-53(56(59)62-49-44-41-38-35-32-29-26-23-20-17-14-11-8-5-2)54(51-52)57(60)63-50-45-42-39-36-33-30-27-24-21-18-15-12-9-6-3/h22-27,46-47,51H,4-21,28-45,48-50H2,1-3H3/b25-22+,26-23+,27-24+. The van der Waals surface area contributed by atoms with E-state index >= 15 is 0 Å². The highest BCUT2D eigenvalue weighted by atomic mass is 16.5. The van der Waals surface area contributed by atoms with Crippen molar-refractivity contribution < 1.29 is 28.6 Å². The van der Waals surface area contributed by atoms with Crippen LogP contribution < -0.4 is 0 Å². The molecule has 0 heterocycles. The molecule has 63 heavy (non-hydrogen) atoms. The van der Waals surface area contributed by atoms with Gasteiger partial charge in [0.05, 0.1) is 36.5 Å². The molecule has 1 rings (SSSR count). The van der Waals surface area contributed by atoms with Crippen LogP contribution in [-0.2, 0) is 14.2 Å². The molecule has 0 aliphatic rings. The summed E-state index contributed by atoms with van der Waals surface area (Å²) >= 11 is 0. The van der Waals surface area contributed by atoms with Crippen molar-refractivity contribution in [2.45, 2.75) is 252 Å². The van der Waals surface area contributed by atoms with Gasteiger partial charge in [0.1, 0.15) is 0 Å². The van der Waals surface area contributed by atoms with E-state index in [2.05, 4.69) is 57.2 Å². The minimum Gasteiger partial charge on any atom is -0.462 e. The first-order chi connectivity index (χ1) is 31.0. The van der Waals surface area contributed by atoms with Gasteiger partial charge in [0, 0.05) is 0 Å². The monoisotopic (exact) mass is 877 g/mol. The molecule has 1 aromatic carbocycles. The number of hydrogen-bond acceptors (Lipinski definition) is 6. The van der Waals surface area contributed by atoms with Gasteiger partial charge in [-0.1, -0.05) is 192 Å². The number of benzene rings is 1. The van der Waals surface area contributed by atoms with Gasteiger partial charge in [-0.05, 0) is 115 Å². The molecule has 0 atom stereocenters. The maximum atomic E-state index is 13.4. The first-order valence-corrected chi connectivity index (χ1v) is 26.6. The largest absolute Gasteiger partial charge is 0.462 e. The molecule has 0 radical (unpaired) electrons. The van der Waals surface area contributed by atoms with Crippen molar-refractivity contribution >= 4 is 17.9 Å². The van der Waals surface area contributed by atoms with E-state index in [1.54, 1.807) is 6.07 Å². The lowest BCUT2D eigenvalue weighted by atomic mass is 10.0. The zero-order valence-corrected chi connectivity index (χ0v) is 41.2. The Labute approximate surface area is 388 Å². The summed E-state index contributed by atoms with van der Waals surface area (Å²) in [6, 6.07) is 4.51. The zero-order chi connectivity index (χ0) is 45.5. The van der Waals surface area contributed by atoms with Crippen molar-refractivity contribution in [1.82, 2.24) is 0 Å². The molecule has 360 valence electrons. The molecule has 1 aromatic rings. The van der Waals surface area contributed by atoms with Crippen LogP contribution in [0.1, 0.15) is 283 Å². The maximum absolute atomic E-state index is 13.4. The van der Waals surface area contributed by atoms with Crippen molar-refractivity contribution in [3.05, 3.63) is 71.3 Å². The van der Waals surface area contributed by atoms with Gasteiger partial charge < -0.3 is 14.2 Å². The second-order valence-corrected chi connectivity index (χ2v) is 17.9. The van der Waals surface area contributed by atoms with Crippen LogP contribution in [0.3, 0.4) is 0 Å². The summed E-state index contributed by atoms with van der Waals surface area (Å²) in [7, 11) is 0. The number of carbonyl (C=O) groups is 3. The van der Waals surface area contributed by atoms with Crippen LogP contribution in [0.2, 0.25) is 0 Å². The highest BCUT2D eigenvalue weighted by Crippen LogP contribution is 2.19. The van der Waals surface area contributed by atoms with E-state index in [9.17, 15) is 14.4 Å². The van der Waals surface area contributed by atoms with Gasteiger partial charge in [-0.2, -0.15) is 0 Å². The van der Waals surface area contributed by atoms with Crippen LogP contribution in [-0.4, -0.2) is 37.7 Å². The van der Waals surface area contributed by atoms with E-state index < -0.39 is 17.9 Å². The minimum atomic E-state index is -0.608. The van der Waals surface area contributed by atoms with Crippen molar-refractivity contribution in [2.24, 2.45) is 0 Å². The van der Waals surface area contributed by atoms with Crippen LogP contribution in [0.5, 0.6) is 0 Å². The number of allylic oxidation sites excluding steroid dienone is 6. The second kappa shape index (κ2) is 45.4. The van der Waals surface area contributed by atoms with E-state index in [1.807, 2.05) is 0 Å². The Morgan fingerprint density at radius 2 is 0.603 bits per heavy atom. The Kier molecular flexibility index (Phi) is 41.7. The average Bonchev–Trinajstić information content (AvgIpc) is 3.29. The molecular formula is C57H96O6. The summed E-state index contributed by atoms with van der Waals surface area (Å²) in [6.45, 7) is 7.65. The Morgan fingerprint density at radius 1 is 0.333 bits per heavy atom. The Balaban J connectivity index is 2.52. The minimum absolute atomic E-state index is 0.0613. The Bertz CT molecular complexity index is 1310. The first-order valence-electron chi connectivity index (χ1n) is 26.6. The summed E-state index contributed by atoms with van der Waals surface area (Å²) in [4.78, 5) is 39.7. The fourth-order valence-corrected chi connectivity index (χ4v) is 7.74. The fourth-order valence-electron chi connectivity index (χ4n) is 7.74. The summed E-state index contributed by atoms with van der Waals surface area (Å²) < 4.78 is 16.9. The third-order valence-electron chi connectivity index (χ3n) is 11.9. The number of unbranched alkanes of at least 4 members (excludes halogenated alkanes) is 30. The maximum Gasteiger partial charge on any atom is 0.339 e. The average molecular weight is 877 g/mol. The number of ether oxygens (including phenoxy) is 3. The molecule has 0 unspecified atom stereocenters. The fraction of sp³-hybridized carbons (Fsp3) is 0.737. The smallest absolute Gasteiger partial charge is 0.339 e. The van der Waals surface area contributed by atoms with Gasteiger partial charge in [-0.25, -0.2) is 14.4 Å². The van der Waals surface area contributed by atoms with Crippen molar-refractivity contribution in [2.75, 3.05) is 19.8 Å². The summed E-state index contributed by atoms with van der Waals surface area (Å²) in [5, 5.41) is 0. The molecule has 0 saturated heterocycles. The lowest BCUT2D eigenvalue weighted by molar-refractivity contribution is 0.0448. The molecule has 0 bridgehead atoms. The SMILES string of the molecule is CCCCCCC/C=C/CCCCCCCOC(=O)c1ccc(C(=O)OCCCCCCC/C=C/CCCCCCC)c(C(=O)OCCCCCCC/C=C/CCCCCCC)c1. The number of carbonyl (C=O) groups excluding carboxylic acids is 3. The Hall–Kier alpha value is -3.15. The van der Waals surface area contributed by atoms with Gasteiger partial charge in [0.25, 0.3) is 0 Å². The Morgan fingerprint density at radius 3 is 0.937 bits per heavy atom. The summed E-state index contributed by atoms with van der Waals surface area (Å²) in [5.41, 5.74) is 0.429. The van der Waals surface area contributed by atoms with Gasteiger partial charge in [-0.3, -0.25) is 0 Å². The van der Waals surface area contributed by atoms with Crippen LogP contribution >= 0.6 is 0 Å². The van der Waals surface area contributed by atoms with Gasteiger partial charge in [0.15, 0.2) is 0 Å². The van der Waals surface area contributed by atoms with E-state index in [-0.39, 0.29) is 23.3 Å². The highest BCUT2D eigenvalue weighted by Gasteiger charge is 2.22.